The summed E-state index contributed by atoms with van der Waals surface area (Å²) in [6.45, 7) is 0. The first-order chi connectivity index (χ1) is 8.69. The minimum absolute atomic E-state index is 0.113. The number of rotatable bonds is 1. The summed E-state index contributed by atoms with van der Waals surface area (Å²) in [5.74, 6) is 4.57. The van der Waals surface area contributed by atoms with Crippen LogP contribution in [0.3, 0.4) is 0 Å². The van der Waals surface area contributed by atoms with Gasteiger partial charge in [-0.15, -0.1) is 0 Å². The van der Waals surface area contributed by atoms with Crippen LogP contribution in [0.2, 0.25) is 0 Å². The zero-order valence-corrected chi connectivity index (χ0v) is 10.3. The summed E-state index contributed by atoms with van der Waals surface area (Å²) in [6.07, 6.45) is 6.67. The van der Waals surface area contributed by atoms with Crippen molar-refractivity contribution in [3.8, 4) is 0 Å². The van der Waals surface area contributed by atoms with Crippen molar-refractivity contribution >= 4 is 5.95 Å². The highest BCUT2D eigenvalue weighted by atomic mass is 16.1. The van der Waals surface area contributed by atoms with Crippen LogP contribution in [-0.4, -0.2) is 15.0 Å². The third-order valence-electron chi connectivity index (χ3n) is 5.23. The monoisotopic (exact) mass is 246 g/mol. The Kier molecular flexibility index (Phi) is 2.08. The molecule has 0 spiro atoms. The number of aromatic amines is 1. The second-order valence-corrected chi connectivity index (χ2v) is 6.35. The summed E-state index contributed by atoms with van der Waals surface area (Å²) >= 11 is 0. The average Bonchev–Trinajstić information content (AvgIpc) is 2.25. The number of nitrogens with one attached hydrogen (secondary N) is 1. The summed E-state index contributed by atoms with van der Waals surface area (Å²) in [4.78, 5) is 22.2. The third-order valence-corrected chi connectivity index (χ3v) is 5.23. The Balaban J connectivity index is 1.74. The number of anilines is 1. The Labute approximate surface area is 105 Å². The van der Waals surface area contributed by atoms with E-state index >= 15 is 0 Å². The molecule has 5 heteroatoms. The van der Waals surface area contributed by atoms with E-state index in [9.17, 15) is 4.79 Å². The minimum Gasteiger partial charge on any atom is -0.368 e. The molecule has 0 unspecified atom stereocenters. The molecule has 1 heterocycles. The van der Waals surface area contributed by atoms with Gasteiger partial charge in [0.25, 0.3) is 0 Å². The molecule has 1 aromatic heterocycles. The van der Waals surface area contributed by atoms with Gasteiger partial charge in [-0.2, -0.15) is 9.97 Å². The molecular formula is C13H18N4O. The number of nitrogens with two attached hydrogens (primary N) is 1. The lowest BCUT2D eigenvalue weighted by Crippen LogP contribution is -2.44. The topological polar surface area (TPSA) is 84.7 Å². The molecule has 0 saturated heterocycles. The largest absolute Gasteiger partial charge is 0.368 e. The van der Waals surface area contributed by atoms with E-state index in [1.165, 1.54) is 32.1 Å². The zero-order chi connectivity index (χ0) is 12.3. The number of nitrogens with zero attached hydrogens (tertiary/aromatic N) is 2. The second kappa shape index (κ2) is 3.56. The molecule has 18 heavy (non-hydrogen) atoms. The Morgan fingerprint density at radius 2 is 1.61 bits per heavy atom. The highest BCUT2D eigenvalue weighted by molar-refractivity contribution is 5.18. The van der Waals surface area contributed by atoms with Crippen LogP contribution in [0.1, 0.15) is 43.8 Å². The van der Waals surface area contributed by atoms with Gasteiger partial charge < -0.3 is 5.73 Å². The number of nitrogen functional groups attached to an aromatic ring is 1. The number of hydrogen-bond acceptors (Lipinski definition) is 4. The molecule has 3 N–H and O–H groups in total. The van der Waals surface area contributed by atoms with E-state index < -0.39 is 0 Å². The SMILES string of the molecule is Nc1nc(C2C3CC4CC(C3)CC2C4)[nH]c(=O)n1. The fourth-order valence-corrected chi connectivity index (χ4v) is 4.95. The molecule has 5 nitrogen and oxygen atoms in total. The molecule has 0 atom stereocenters. The van der Waals surface area contributed by atoms with Crippen LogP contribution in [0, 0.1) is 23.7 Å². The summed E-state index contributed by atoms with van der Waals surface area (Å²) in [6, 6.07) is 0. The van der Waals surface area contributed by atoms with E-state index in [0.717, 1.165) is 17.7 Å². The highest BCUT2D eigenvalue weighted by Crippen LogP contribution is 2.59. The molecule has 0 amide bonds. The Hall–Kier alpha value is -1.39. The molecule has 4 fully saturated rings. The zero-order valence-electron chi connectivity index (χ0n) is 10.3. The quantitative estimate of drug-likeness (QED) is 0.782. The molecular weight excluding hydrogens is 228 g/mol. The van der Waals surface area contributed by atoms with Gasteiger partial charge in [0.05, 0.1) is 0 Å². The molecule has 1 aromatic rings. The summed E-state index contributed by atoms with van der Waals surface area (Å²) in [5.41, 5.74) is 5.26. The second-order valence-electron chi connectivity index (χ2n) is 6.35. The smallest absolute Gasteiger partial charge is 0.349 e. The van der Waals surface area contributed by atoms with Gasteiger partial charge in [-0.1, -0.05) is 0 Å². The third kappa shape index (κ3) is 1.49. The lowest BCUT2D eigenvalue weighted by molar-refractivity contribution is -0.00574. The van der Waals surface area contributed by atoms with Crippen molar-refractivity contribution in [1.82, 2.24) is 15.0 Å². The van der Waals surface area contributed by atoms with Crippen LogP contribution in [0.15, 0.2) is 4.79 Å². The fourth-order valence-electron chi connectivity index (χ4n) is 4.95. The summed E-state index contributed by atoms with van der Waals surface area (Å²) < 4.78 is 0. The van der Waals surface area contributed by atoms with Gasteiger partial charge in [0.15, 0.2) is 0 Å². The van der Waals surface area contributed by atoms with Crippen molar-refractivity contribution in [2.45, 2.75) is 38.0 Å². The van der Waals surface area contributed by atoms with Gasteiger partial charge in [0.1, 0.15) is 5.82 Å². The predicted octanol–water partition coefficient (Wildman–Crippen LogP) is 1.29. The van der Waals surface area contributed by atoms with Crippen molar-refractivity contribution in [2.24, 2.45) is 23.7 Å². The van der Waals surface area contributed by atoms with E-state index in [-0.39, 0.29) is 11.6 Å². The molecule has 96 valence electrons. The van der Waals surface area contributed by atoms with E-state index in [1.807, 2.05) is 0 Å². The van der Waals surface area contributed by atoms with Gasteiger partial charge in [0, 0.05) is 5.92 Å². The maximum Gasteiger partial charge on any atom is 0.349 e. The lowest BCUT2D eigenvalue weighted by Gasteiger charge is -2.53. The van der Waals surface area contributed by atoms with Crippen molar-refractivity contribution in [3.63, 3.8) is 0 Å². The first kappa shape index (κ1) is 10.5. The summed E-state index contributed by atoms with van der Waals surface area (Å²) in [7, 11) is 0. The molecule has 4 aliphatic carbocycles. The van der Waals surface area contributed by atoms with Crippen LogP contribution in [0.25, 0.3) is 0 Å². The van der Waals surface area contributed by atoms with Crippen LogP contribution in [0.4, 0.5) is 5.95 Å². The van der Waals surface area contributed by atoms with E-state index in [1.54, 1.807) is 0 Å². The fraction of sp³-hybridized carbons (Fsp3) is 0.769. The Bertz CT molecular complexity index is 510. The van der Waals surface area contributed by atoms with Crippen molar-refractivity contribution in [3.05, 3.63) is 16.3 Å². The molecule has 0 aliphatic heterocycles. The van der Waals surface area contributed by atoms with Crippen molar-refractivity contribution in [1.29, 1.82) is 0 Å². The van der Waals surface area contributed by atoms with Crippen LogP contribution < -0.4 is 11.4 Å². The van der Waals surface area contributed by atoms with Gasteiger partial charge in [-0.05, 0) is 55.8 Å². The number of H-pyrrole nitrogens is 1. The van der Waals surface area contributed by atoms with Crippen LogP contribution in [0.5, 0.6) is 0 Å². The predicted molar refractivity (Wildman–Crippen MR) is 66.9 cm³/mol. The normalized spacial score (nSPS) is 41.2. The number of aromatic nitrogens is 3. The van der Waals surface area contributed by atoms with Crippen LogP contribution in [-0.2, 0) is 0 Å². The molecule has 0 aromatic carbocycles. The first-order valence-electron chi connectivity index (χ1n) is 6.93. The van der Waals surface area contributed by atoms with Gasteiger partial charge >= 0.3 is 5.69 Å². The van der Waals surface area contributed by atoms with E-state index in [2.05, 4.69) is 15.0 Å². The Morgan fingerprint density at radius 1 is 1.00 bits per heavy atom. The molecule has 4 bridgehead atoms. The first-order valence-corrected chi connectivity index (χ1v) is 6.93. The van der Waals surface area contributed by atoms with E-state index in [4.69, 9.17) is 5.73 Å². The maximum atomic E-state index is 11.5. The van der Waals surface area contributed by atoms with Gasteiger partial charge in [-0.25, -0.2) is 4.79 Å². The van der Waals surface area contributed by atoms with Gasteiger partial charge in [-0.3, -0.25) is 4.98 Å². The molecule has 4 aliphatic rings. The van der Waals surface area contributed by atoms with Crippen molar-refractivity contribution in [2.75, 3.05) is 5.73 Å². The van der Waals surface area contributed by atoms with Gasteiger partial charge in [0.2, 0.25) is 5.95 Å². The highest BCUT2D eigenvalue weighted by Gasteiger charge is 2.49. The molecule has 5 rings (SSSR count). The minimum atomic E-state index is -0.355. The van der Waals surface area contributed by atoms with Crippen LogP contribution >= 0.6 is 0 Å². The standard InChI is InChI=1S/C13H18N4O/c14-12-15-11(16-13(18)17-12)10-8-2-6-1-7(4-8)5-9(10)3-6/h6-10H,1-5H2,(H3,14,15,16,17,18). The summed E-state index contributed by atoms with van der Waals surface area (Å²) in [5, 5.41) is 0. The van der Waals surface area contributed by atoms with E-state index in [0.29, 0.717) is 17.8 Å². The molecule has 0 radical (unpaired) electrons. The maximum absolute atomic E-state index is 11.5. The lowest BCUT2D eigenvalue weighted by atomic mass is 9.51. The Morgan fingerprint density at radius 3 is 2.17 bits per heavy atom. The molecule has 4 saturated carbocycles. The number of hydrogen-bond donors (Lipinski definition) is 2. The average molecular weight is 246 g/mol. The van der Waals surface area contributed by atoms with Crippen molar-refractivity contribution < 1.29 is 0 Å².